The molecule has 33 heavy (non-hydrogen) atoms. The molecule has 2 aromatic carbocycles. The first-order chi connectivity index (χ1) is 16.2. The fourth-order valence-electron chi connectivity index (χ4n) is 3.89. The van der Waals surface area contributed by atoms with Crippen LogP contribution >= 0.6 is 0 Å². The number of pyridine rings is 1. The first-order valence-electron chi connectivity index (χ1n) is 10.9. The van der Waals surface area contributed by atoms with Crippen LogP contribution in [0, 0.1) is 5.82 Å². The van der Waals surface area contributed by atoms with Crippen LogP contribution in [0.3, 0.4) is 0 Å². The lowest BCUT2D eigenvalue weighted by molar-refractivity contribution is 0.102. The van der Waals surface area contributed by atoms with Gasteiger partial charge in [0.2, 0.25) is 5.88 Å². The second-order valence-electron chi connectivity index (χ2n) is 7.82. The van der Waals surface area contributed by atoms with Crippen LogP contribution in [-0.4, -0.2) is 25.7 Å². The number of ether oxygens (including phenoxy) is 1. The van der Waals surface area contributed by atoms with E-state index >= 15 is 0 Å². The highest BCUT2D eigenvalue weighted by Gasteiger charge is 2.19. The maximum Gasteiger partial charge on any atom is 0.261 e. The van der Waals surface area contributed by atoms with Gasteiger partial charge >= 0.3 is 0 Å². The minimum atomic E-state index is -0.544. The highest BCUT2D eigenvalue weighted by molar-refractivity contribution is 6.06. The molecule has 4 aromatic rings. The standard InChI is InChI=1S/C25H22FN5O2/c26-20-13-12-17(23-30-29-22-11-5-2-6-15-31(22)23)16-21(20)28-24(32)19-10-7-14-27-25(19)33-18-8-3-1-4-9-18/h1,3-4,7-10,12-14,16H,2,5-6,11,15H2,(H,28,32). The zero-order valence-corrected chi connectivity index (χ0v) is 17.9. The van der Waals surface area contributed by atoms with Crippen LogP contribution in [0.2, 0.25) is 0 Å². The van der Waals surface area contributed by atoms with Gasteiger partial charge in [-0.05, 0) is 55.3 Å². The Balaban J connectivity index is 1.42. The molecule has 0 bridgehead atoms. The zero-order chi connectivity index (χ0) is 22.6. The highest BCUT2D eigenvalue weighted by Crippen LogP contribution is 2.28. The number of nitrogens with zero attached hydrogens (tertiary/aromatic N) is 4. The maximum atomic E-state index is 14.6. The summed E-state index contributed by atoms with van der Waals surface area (Å²) >= 11 is 0. The summed E-state index contributed by atoms with van der Waals surface area (Å²) in [6, 6.07) is 16.8. The van der Waals surface area contributed by atoms with E-state index in [0.29, 0.717) is 17.1 Å². The predicted molar refractivity (Wildman–Crippen MR) is 122 cm³/mol. The van der Waals surface area contributed by atoms with E-state index in [1.54, 1.807) is 36.4 Å². The summed E-state index contributed by atoms with van der Waals surface area (Å²) in [5.74, 6) is 1.24. The number of aryl methyl sites for hydroxylation is 1. The molecule has 1 aliphatic heterocycles. The van der Waals surface area contributed by atoms with Crippen molar-refractivity contribution in [3.8, 4) is 23.0 Å². The summed E-state index contributed by atoms with van der Waals surface area (Å²) in [6.07, 6.45) is 5.69. The summed E-state index contributed by atoms with van der Waals surface area (Å²) in [7, 11) is 0. The highest BCUT2D eigenvalue weighted by atomic mass is 19.1. The second kappa shape index (κ2) is 9.20. The Morgan fingerprint density at radius 2 is 1.88 bits per heavy atom. The fraction of sp³-hybridized carbons (Fsp3) is 0.200. The van der Waals surface area contributed by atoms with E-state index in [0.717, 1.165) is 38.1 Å². The van der Waals surface area contributed by atoms with Crippen LogP contribution in [0.15, 0.2) is 66.9 Å². The summed E-state index contributed by atoms with van der Waals surface area (Å²) in [4.78, 5) is 17.2. The van der Waals surface area contributed by atoms with Crippen molar-refractivity contribution in [3.05, 3.63) is 84.1 Å². The lowest BCUT2D eigenvalue weighted by Gasteiger charge is -2.12. The Morgan fingerprint density at radius 3 is 2.76 bits per heavy atom. The van der Waals surface area contributed by atoms with Crippen molar-refractivity contribution in [2.75, 3.05) is 5.32 Å². The van der Waals surface area contributed by atoms with Crippen LogP contribution in [0.1, 0.15) is 35.4 Å². The Hall–Kier alpha value is -4.07. The van der Waals surface area contributed by atoms with E-state index in [9.17, 15) is 9.18 Å². The second-order valence-corrected chi connectivity index (χ2v) is 7.82. The molecule has 5 rings (SSSR count). The van der Waals surface area contributed by atoms with Gasteiger partial charge in [-0.1, -0.05) is 24.6 Å². The van der Waals surface area contributed by atoms with Gasteiger partial charge in [-0.2, -0.15) is 0 Å². The summed E-state index contributed by atoms with van der Waals surface area (Å²) < 4.78 is 22.5. The Kier molecular flexibility index (Phi) is 5.80. The SMILES string of the molecule is O=C(Nc1cc(-c2nnc3n2CCCCC3)ccc1F)c1cccnc1Oc1ccccc1. The first-order valence-corrected chi connectivity index (χ1v) is 10.9. The molecule has 0 saturated carbocycles. The van der Waals surface area contributed by atoms with Gasteiger partial charge in [-0.25, -0.2) is 9.37 Å². The lowest BCUT2D eigenvalue weighted by atomic mass is 10.1. The number of rotatable bonds is 5. The number of nitrogens with one attached hydrogen (secondary N) is 1. The fourth-order valence-corrected chi connectivity index (χ4v) is 3.89. The van der Waals surface area contributed by atoms with E-state index in [4.69, 9.17) is 4.74 Å². The summed E-state index contributed by atoms with van der Waals surface area (Å²) in [6.45, 7) is 0.826. The summed E-state index contributed by atoms with van der Waals surface area (Å²) in [5, 5.41) is 11.3. The van der Waals surface area contributed by atoms with Gasteiger partial charge in [0.1, 0.15) is 23.0 Å². The number of benzene rings is 2. The zero-order valence-electron chi connectivity index (χ0n) is 17.9. The number of fused-ring (bicyclic) bond motifs is 1. The van der Waals surface area contributed by atoms with E-state index in [-0.39, 0.29) is 17.1 Å². The maximum absolute atomic E-state index is 14.6. The van der Waals surface area contributed by atoms with E-state index < -0.39 is 11.7 Å². The van der Waals surface area contributed by atoms with Crippen molar-refractivity contribution in [1.29, 1.82) is 0 Å². The number of anilines is 1. The molecule has 0 atom stereocenters. The molecular formula is C25H22FN5O2. The minimum Gasteiger partial charge on any atom is -0.438 e. The molecule has 1 N–H and O–H groups in total. The average molecular weight is 443 g/mol. The molecule has 1 aliphatic rings. The van der Waals surface area contributed by atoms with Gasteiger partial charge < -0.3 is 14.6 Å². The molecule has 0 fully saturated rings. The Labute approximate surface area is 190 Å². The van der Waals surface area contributed by atoms with Crippen molar-refractivity contribution in [1.82, 2.24) is 19.7 Å². The monoisotopic (exact) mass is 443 g/mol. The number of halogens is 1. The Morgan fingerprint density at radius 1 is 1.00 bits per heavy atom. The van der Waals surface area contributed by atoms with Crippen molar-refractivity contribution in [2.45, 2.75) is 32.2 Å². The number of amides is 1. The number of carbonyl (C=O) groups excluding carboxylic acids is 1. The third-order valence-corrected chi connectivity index (χ3v) is 5.56. The molecule has 3 heterocycles. The van der Waals surface area contributed by atoms with E-state index in [1.165, 1.54) is 12.3 Å². The summed E-state index contributed by atoms with van der Waals surface area (Å²) in [5.41, 5.74) is 0.944. The van der Waals surface area contributed by atoms with Crippen LogP contribution in [0.5, 0.6) is 11.6 Å². The Bertz CT molecular complexity index is 1290. The quantitative estimate of drug-likeness (QED) is 0.456. The average Bonchev–Trinajstić information content (AvgIpc) is 3.09. The molecule has 166 valence electrons. The molecular weight excluding hydrogens is 421 g/mol. The minimum absolute atomic E-state index is 0.0537. The van der Waals surface area contributed by atoms with Crippen molar-refractivity contribution < 1.29 is 13.9 Å². The molecule has 0 saturated heterocycles. The van der Waals surface area contributed by atoms with Gasteiger partial charge in [-0.15, -0.1) is 10.2 Å². The number of hydrogen-bond donors (Lipinski definition) is 1. The lowest BCUT2D eigenvalue weighted by Crippen LogP contribution is -2.15. The molecule has 0 radical (unpaired) electrons. The largest absolute Gasteiger partial charge is 0.438 e. The van der Waals surface area contributed by atoms with Crippen LogP contribution in [-0.2, 0) is 13.0 Å². The molecule has 0 spiro atoms. The predicted octanol–water partition coefficient (Wildman–Crippen LogP) is 5.25. The van der Waals surface area contributed by atoms with Gasteiger partial charge in [0.15, 0.2) is 5.82 Å². The van der Waals surface area contributed by atoms with Crippen LogP contribution in [0.25, 0.3) is 11.4 Å². The number of hydrogen-bond acceptors (Lipinski definition) is 5. The molecule has 7 nitrogen and oxygen atoms in total. The molecule has 2 aromatic heterocycles. The van der Waals surface area contributed by atoms with E-state index in [1.807, 2.05) is 18.2 Å². The number of aromatic nitrogens is 4. The van der Waals surface area contributed by atoms with Gasteiger partial charge in [0.05, 0.1) is 5.69 Å². The molecule has 0 unspecified atom stereocenters. The third-order valence-electron chi connectivity index (χ3n) is 5.56. The molecule has 0 aliphatic carbocycles. The van der Waals surface area contributed by atoms with Crippen LogP contribution in [0.4, 0.5) is 10.1 Å². The molecule has 8 heteroatoms. The number of carbonyl (C=O) groups is 1. The van der Waals surface area contributed by atoms with Crippen LogP contribution < -0.4 is 10.1 Å². The topological polar surface area (TPSA) is 81.9 Å². The van der Waals surface area contributed by atoms with Crippen molar-refractivity contribution in [3.63, 3.8) is 0 Å². The van der Waals surface area contributed by atoms with Crippen molar-refractivity contribution in [2.24, 2.45) is 0 Å². The normalized spacial score (nSPS) is 13.1. The van der Waals surface area contributed by atoms with Gasteiger partial charge in [0, 0.05) is 24.7 Å². The van der Waals surface area contributed by atoms with Crippen molar-refractivity contribution >= 4 is 11.6 Å². The van der Waals surface area contributed by atoms with E-state index in [2.05, 4.69) is 25.1 Å². The number of para-hydroxylation sites is 1. The van der Waals surface area contributed by atoms with Gasteiger partial charge in [0.25, 0.3) is 5.91 Å². The molecule has 1 amide bonds. The van der Waals surface area contributed by atoms with Gasteiger partial charge in [-0.3, -0.25) is 4.79 Å². The smallest absolute Gasteiger partial charge is 0.261 e. The first kappa shape index (κ1) is 20.8. The third kappa shape index (κ3) is 4.45.